The molecule has 34 heavy (non-hydrogen) atoms. The summed E-state index contributed by atoms with van der Waals surface area (Å²) in [5.41, 5.74) is 2.71. The molecule has 1 saturated heterocycles. The number of hydrogen-bond donors (Lipinski definition) is 2. The molecule has 4 amide bonds. The summed E-state index contributed by atoms with van der Waals surface area (Å²) in [7, 11) is 0. The SMILES string of the molecule is O=C(CN1C(=O)NC(Cc2ccccc2)(c2ccccc2)C1=O)NC1CCCc2ccccc21. The zero-order valence-electron chi connectivity index (χ0n) is 18.9. The maximum atomic E-state index is 13.7. The fourth-order valence-corrected chi connectivity index (χ4v) is 5.10. The van der Waals surface area contributed by atoms with Crippen LogP contribution >= 0.6 is 0 Å². The summed E-state index contributed by atoms with van der Waals surface area (Å²) in [6, 6.07) is 26.3. The highest BCUT2D eigenvalue weighted by Gasteiger charge is 2.52. The fraction of sp³-hybridized carbons (Fsp3) is 0.250. The summed E-state index contributed by atoms with van der Waals surface area (Å²) in [6.07, 6.45) is 3.12. The molecule has 0 saturated carbocycles. The largest absolute Gasteiger partial charge is 0.348 e. The van der Waals surface area contributed by atoms with E-state index in [1.807, 2.05) is 78.9 Å². The number of aryl methyl sites for hydroxylation is 1. The number of urea groups is 1. The van der Waals surface area contributed by atoms with Crippen molar-refractivity contribution in [1.29, 1.82) is 0 Å². The predicted molar refractivity (Wildman–Crippen MR) is 129 cm³/mol. The average molecular weight is 454 g/mol. The van der Waals surface area contributed by atoms with Crippen LogP contribution in [0.1, 0.15) is 41.1 Å². The third-order valence-corrected chi connectivity index (χ3v) is 6.76. The molecular formula is C28H27N3O3. The van der Waals surface area contributed by atoms with Gasteiger partial charge in [0.2, 0.25) is 5.91 Å². The topological polar surface area (TPSA) is 78.5 Å². The number of amides is 4. The van der Waals surface area contributed by atoms with Crippen LogP contribution in [0, 0.1) is 0 Å². The van der Waals surface area contributed by atoms with E-state index in [2.05, 4.69) is 16.7 Å². The van der Waals surface area contributed by atoms with Gasteiger partial charge in [0.25, 0.3) is 5.91 Å². The Hall–Kier alpha value is -3.93. The molecule has 1 aliphatic heterocycles. The lowest BCUT2D eigenvalue weighted by molar-refractivity contribution is -0.135. The highest BCUT2D eigenvalue weighted by molar-refractivity contribution is 6.09. The molecule has 2 aliphatic rings. The van der Waals surface area contributed by atoms with Gasteiger partial charge in [-0.15, -0.1) is 0 Å². The van der Waals surface area contributed by atoms with Crippen molar-refractivity contribution in [2.24, 2.45) is 0 Å². The van der Waals surface area contributed by atoms with Crippen LogP contribution in [0.2, 0.25) is 0 Å². The Morgan fingerprint density at radius 3 is 2.38 bits per heavy atom. The number of imide groups is 1. The van der Waals surface area contributed by atoms with Crippen LogP contribution in [0.25, 0.3) is 0 Å². The second kappa shape index (κ2) is 9.14. The van der Waals surface area contributed by atoms with Crippen molar-refractivity contribution in [2.45, 2.75) is 37.3 Å². The Bertz CT molecular complexity index is 1210. The highest BCUT2D eigenvalue weighted by atomic mass is 16.2. The normalized spacial score (nSPS) is 21.6. The summed E-state index contributed by atoms with van der Waals surface area (Å²) in [6.45, 7) is -0.313. The number of fused-ring (bicyclic) bond motifs is 1. The number of rotatable bonds is 6. The van der Waals surface area contributed by atoms with E-state index in [-0.39, 0.29) is 18.5 Å². The van der Waals surface area contributed by atoms with Gasteiger partial charge >= 0.3 is 6.03 Å². The quantitative estimate of drug-likeness (QED) is 0.556. The third-order valence-electron chi connectivity index (χ3n) is 6.76. The molecule has 2 N–H and O–H groups in total. The molecular weight excluding hydrogens is 426 g/mol. The Morgan fingerprint density at radius 2 is 1.62 bits per heavy atom. The van der Waals surface area contributed by atoms with Gasteiger partial charge in [-0.1, -0.05) is 84.9 Å². The zero-order valence-corrected chi connectivity index (χ0v) is 18.9. The summed E-state index contributed by atoms with van der Waals surface area (Å²) in [5, 5.41) is 5.96. The van der Waals surface area contributed by atoms with Gasteiger partial charge in [-0.2, -0.15) is 0 Å². The van der Waals surface area contributed by atoms with E-state index in [0.717, 1.165) is 35.3 Å². The zero-order chi connectivity index (χ0) is 23.5. The molecule has 0 bridgehead atoms. The van der Waals surface area contributed by atoms with Crippen LogP contribution < -0.4 is 10.6 Å². The standard InChI is InChI=1S/C28H27N3O3/c32-25(29-24-17-9-13-21-12-7-8-16-23(21)24)19-31-26(33)28(30-27(31)34,22-14-5-2-6-15-22)18-20-10-3-1-4-11-20/h1-8,10-12,14-16,24H,9,13,17-19H2,(H,29,32)(H,30,34). The fourth-order valence-electron chi connectivity index (χ4n) is 5.10. The summed E-state index contributed by atoms with van der Waals surface area (Å²) in [4.78, 5) is 40.8. The molecule has 1 aliphatic carbocycles. The number of nitrogens with zero attached hydrogens (tertiary/aromatic N) is 1. The second-order valence-corrected chi connectivity index (χ2v) is 8.97. The first-order valence-corrected chi connectivity index (χ1v) is 11.7. The molecule has 3 aromatic rings. The highest BCUT2D eigenvalue weighted by Crippen LogP contribution is 2.33. The van der Waals surface area contributed by atoms with Crippen molar-refractivity contribution in [3.05, 3.63) is 107 Å². The van der Waals surface area contributed by atoms with Gasteiger partial charge < -0.3 is 10.6 Å². The molecule has 3 aromatic carbocycles. The van der Waals surface area contributed by atoms with Gasteiger partial charge in [-0.25, -0.2) is 4.79 Å². The molecule has 6 nitrogen and oxygen atoms in total. The van der Waals surface area contributed by atoms with Crippen molar-refractivity contribution in [1.82, 2.24) is 15.5 Å². The van der Waals surface area contributed by atoms with E-state index >= 15 is 0 Å². The Morgan fingerprint density at radius 1 is 0.941 bits per heavy atom. The van der Waals surface area contributed by atoms with E-state index in [9.17, 15) is 14.4 Å². The van der Waals surface area contributed by atoms with Gasteiger partial charge in [0.15, 0.2) is 5.54 Å². The maximum Gasteiger partial charge on any atom is 0.325 e. The Labute approximate surface area is 199 Å². The molecule has 6 heteroatoms. The van der Waals surface area contributed by atoms with E-state index < -0.39 is 17.5 Å². The maximum absolute atomic E-state index is 13.7. The first-order chi connectivity index (χ1) is 16.6. The van der Waals surface area contributed by atoms with Crippen molar-refractivity contribution in [3.8, 4) is 0 Å². The minimum atomic E-state index is -1.25. The van der Waals surface area contributed by atoms with Crippen molar-refractivity contribution in [3.63, 3.8) is 0 Å². The summed E-state index contributed by atoms with van der Waals surface area (Å²) >= 11 is 0. The van der Waals surface area contributed by atoms with Gasteiger partial charge in [-0.3, -0.25) is 14.5 Å². The van der Waals surface area contributed by atoms with Gasteiger partial charge in [-0.05, 0) is 41.5 Å². The van der Waals surface area contributed by atoms with Gasteiger partial charge in [0, 0.05) is 6.42 Å². The third kappa shape index (κ3) is 4.07. The van der Waals surface area contributed by atoms with Crippen molar-refractivity contribution < 1.29 is 14.4 Å². The van der Waals surface area contributed by atoms with Gasteiger partial charge in [0.05, 0.1) is 6.04 Å². The number of carbonyl (C=O) groups is 3. The molecule has 0 radical (unpaired) electrons. The molecule has 172 valence electrons. The van der Waals surface area contributed by atoms with Crippen LogP contribution in [0.15, 0.2) is 84.9 Å². The Kier molecular flexibility index (Phi) is 5.88. The lowest BCUT2D eigenvalue weighted by Crippen LogP contribution is -2.47. The summed E-state index contributed by atoms with van der Waals surface area (Å²) in [5.74, 6) is -0.750. The van der Waals surface area contributed by atoms with Crippen LogP contribution in [0.4, 0.5) is 4.79 Å². The van der Waals surface area contributed by atoms with Crippen molar-refractivity contribution >= 4 is 17.8 Å². The number of benzene rings is 3. The minimum Gasteiger partial charge on any atom is -0.348 e. The first kappa shape index (κ1) is 21.9. The minimum absolute atomic E-state index is 0.110. The molecule has 0 spiro atoms. The number of hydrogen-bond acceptors (Lipinski definition) is 3. The molecule has 1 heterocycles. The predicted octanol–water partition coefficient (Wildman–Crippen LogP) is 3.87. The first-order valence-electron chi connectivity index (χ1n) is 11.7. The number of nitrogens with one attached hydrogen (secondary N) is 2. The molecule has 5 rings (SSSR count). The van der Waals surface area contributed by atoms with Crippen LogP contribution in [-0.4, -0.2) is 29.3 Å². The van der Waals surface area contributed by atoms with E-state index in [1.165, 1.54) is 5.56 Å². The lowest BCUT2D eigenvalue weighted by Gasteiger charge is -2.28. The molecule has 0 aromatic heterocycles. The van der Waals surface area contributed by atoms with Crippen molar-refractivity contribution in [2.75, 3.05) is 6.54 Å². The Balaban J connectivity index is 1.38. The van der Waals surface area contributed by atoms with E-state index in [4.69, 9.17) is 0 Å². The van der Waals surface area contributed by atoms with Crippen LogP contribution in [0.5, 0.6) is 0 Å². The summed E-state index contributed by atoms with van der Waals surface area (Å²) < 4.78 is 0. The molecule has 1 fully saturated rings. The molecule has 2 unspecified atom stereocenters. The average Bonchev–Trinajstić information content (AvgIpc) is 3.10. The van der Waals surface area contributed by atoms with E-state index in [0.29, 0.717) is 12.0 Å². The smallest absolute Gasteiger partial charge is 0.325 e. The van der Waals surface area contributed by atoms with Crippen LogP contribution in [0.3, 0.4) is 0 Å². The molecule has 2 atom stereocenters. The monoisotopic (exact) mass is 453 g/mol. The van der Waals surface area contributed by atoms with E-state index in [1.54, 1.807) is 0 Å². The second-order valence-electron chi connectivity index (χ2n) is 8.97. The number of carbonyl (C=O) groups excluding carboxylic acids is 3. The van der Waals surface area contributed by atoms with Gasteiger partial charge in [0.1, 0.15) is 6.54 Å². The van der Waals surface area contributed by atoms with Crippen LogP contribution in [-0.2, 0) is 28.0 Å². The lowest BCUT2D eigenvalue weighted by atomic mass is 9.83.